The molecular formula is C2CaNa2O6. The van der Waals surface area contributed by atoms with Crippen LogP contribution in [-0.2, 0) is 0 Å². The molecule has 0 spiro atoms. The van der Waals surface area contributed by atoms with Crippen LogP contribution in [0.15, 0.2) is 0 Å². The minimum Gasteiger partial charge on any atom is -0.652 e. The van der Waals surface area contributed by atoms with Crippen LogP contribution in [0.4, 0.5) is 9.59 Å². The normalized spacial score (nSPS) is 4.36. The minimum atomic E-state index is -2.33. The van der Waals surface area contributed by atoms with Gasteiger partial charge in [0.15, 0.2) is 0 Å². The third-order valence-electron chi connectivity index (χ3n) is 0. The van der Waals surface area contributed by atoms with E-state index >= 15 is 0 Å². The second-order valence-corrected chi connectivity index (χ2v) is 0.500. The molecule has 0 fully saturated rings. The molecule has 0 N–H and O–H groups in total. The third kappa shape index (κ3) is 350. The van der Waals surface area contributed by atoms with E-state index in [-0.39, 0.29) is 96.9 Å². The van der Waals surface area contributed by atoms with Crippen molar-refractivity contribution in [2.75, 3.05) is 0 Å². The van der Waals surface area contributed by atoms with Gasteiger partial charge in [-0.3, -0.25) is 0 Å². The molecule has 0 saturated carbocycles. The molecule has 6 nitrogen and oxygen atoms in total. The first-order valence-corrected chi connectivity index (χ1v) is 1.22. The summed E-state index contributed by atoms with van der Waals surface area (Å²) in [6, 6.07) is 0. The Hall–Kier alpha value is 1.80. The maximum atomic E-state index is 8.33. The molecule has 0 aromatic carbocycles. The van der Waals surface area contributed by atoms with Crippen LogP contribution in [0.2, 0.25) is 0 Å². The number of carboxylic acid groups (broad SMARTS) is 4. The van der Waals surface area contributed by atoms with Crippen LogP contribution in [0.1, 0.15) is 0 Å². The van der Waals surface area contributed by atoms with Gasteiger partial charge < -0.3 is 30.0 Å². The zero-order valence-electron chi connectivity index (χ0n) is 6.16. The number of hydrogen-bond donors (Lipinski definition) is 0. The molecule has 0 amide bonds. The number of carbonyl (C=O) groups is 2. The Morgan fingerprint density at radius 1 is 0.727 bits per heavy atom. The Kier molecular flexibility index (Phi) is 60.2. The molecule has 0 aliphatic rings. The van der Waals surface area contributed by atoms with E-state index in [9.17, 15) is 0 Å². The van der Waals surface area contributed by atoms with Crippen LogP contribution in [0.3, 0.4) is 0 Å². The summed E-state index contributed by atoms with van der Waals surface area (Å²) in [7, 11) is 0. The van der Waals surface area contributed by atoms with Gasteiger partial charge in [0, 0.05) is 0 Å². The topological polar surface area (TPSA) is 126 Å². The van der Waals surface area contributed by atoms with E-state index in [0.29, 0.717) is 0 Å². The molecule has 0 heterocycles. The van der Waals surface area contributed by atoms with Crippen molar-refractivity contribution in [1.29, 1.82) is 0 Å². The first-order valence-electron chi connectivity index (χ1n) is 1.22. The van der Waals surface area contributed by atoms with Gasteiger partial charge in [-0.05, 0) is 12.3 Å². The fourth-order valence-electron chi connectivity index (χ4n) is 0. The predicted molar refractivity (Wildman–Crippen MR) is 16.5 cm³/mol. The number of carbonyl (C=O) groups excluding carboxylic acids is 2. The Labute approximate surface area is 137 Å². The molecular weight excluding hydrogens is 206 g/mol. The average Bonchev–Trinajstić information content (AvgIpc) is 1.25. The predicted octanol–water partition coefficient (Wildman–Crippen LogP) is -11.3. The molecule has 0 radical (unpaired) electrons. The molecule has 0 unspecified atom stereocenters. The molecule has 0 atom stereocenters. The maximum absolute atomic E-state index is 8.33. The molecule has 0 aliphatic heterocycles. The van der Waals surface area contributed by atoms with Gasteiger partial charge in [0.05, 0.1) is 0 Å². The van der Waals surface area contributed by atoms with Gasteiger partial charge in [-0.2, -0.15) is 0 Å². The molecule has 0 aromatic rings. The second-order valence-electron chi connectivity index (χ2n) is 0.500. The van der Waals surface area contributed by atoms with Crippen LogP contribution in [-0.4, -0.2) is 50.0 Å². The zero-order chi connectivity index (χ0) is 7.15. The standard InChI is InChI=1S/2CH2O3.Ca.2Na/c2*2-1(3)4;;;/h2*(H2,2,3,4);;;/q;;+2;2*+1/p-4. The number of rotatable bonds is 0. The van der Waals surface area contributed by atoms with Crippen LogP contribution < -0.4 is 79.5 Å². The quantitative estimate of drug-likeness (QED) is 0.362. The molecule has 0 aliphatic carbocycles. The SMILES string of the molecule is O=C([O-])[O-].O=C([O-])[O-].[Ca+2].[Na+].[Na+]. The molecule has 9 heteroatoms. The largest absolute Gasteiger partial charge is 2.00 e. The Morgan fingerprint density at radius 2 is 0.727 bits per heavy atom. The van der Waals surface area contributed by atoms with Crippen molar-refractivity contribution >= 4 is 50.0 Å². The van der Waals surface area contributed by atoms with E-state index in [4.69, 9.17) is 30.0 Å². The van der Waals surface area contributed by atoms with Gasteiger partial charge in [-0.1, -0.05) is 0 Å². The van der Waals surface area contributed by atoms with E-state index in [1.54, 1.807) is 0 Å². The van der Waals surface area contributed by atoms with Gasteiger partial charge in [-0.15, -0.1) is 0 Å². The van der Waals surface area contributed by atoms with E-state index in [1.807, 2.05) is 0 Å². The summed E-state index contributed by atoms with van der Waals surface area (Å²) >= 11 is 0. The van der Waals surface area contributed by atoms with Crippen molar-refractivity contribution in [3.8, 4) is 0 Å². The van der Waals surface area contributed by atoms with E-state index in [0.717, 1.165) is 0 Å². The molecule has 0 aromatic heterocycles. The molecule has 0 bridgehead atoms. The molecule has 0 rings (SSSR count). The summed E-state index contributed by atoms with van der Waals surface area (Å²) in [4.78, 5) is 16.7. The average molecular weight is 206 g/mol. The maximum Gasteiger partial charge on any atom is 2.00 e. The first kappa shape index (κ1) is 29.3. The molecule has 0 saturated heterocycles. The van der Waals surface area contributed by atoms with Gasteiger partial charge in [0.1, 0.15) is 0 Å². The fourth-order valence-corrected chi connectivity index (χ4v) is 0. The monoisotopic (exact) mass is 206 g/mol. The van der Waals surface area contributed by atoms with Crippen LogP contribution in [0.25, 0.3) is 0 Å². The van der Waals surface area contributed by atoms with Crippen molar-refractivity contribution in [2.45, 2.75) is 0 Å². The van der Waals surface area contributed by atoms with Gasteiger partial charge >= 0.3 is 96.9 Å². The van der Waals surface area contributed by atoms with Crippen molar-refractivity contribution < 1.29 is 89.1 Å². The second kappa shape index (κ2) is 22.6. The van der Waals surface area contributed by atoms with E-state index in [1.165, 1.54) is 0 Å². The van der Waals surface area contributed by atoms with Crippen molar-refractivity contribution in [2.24, 2.45) is 0 Å². The summed E-state index contributed by atoms with van der Waals surface area (Å²) in [5, 5.41) is 33.3. The van der Waals surface area contributed by atoms with Crippen LogP contribution in [0.5, 0.6) is 0 Å². The van der Waals surface area contributed by atoms with Crippen LogP contribution >= 0.6 is 0 Å². The third-order valence-corrected chi connectivity index (χ3v) is 0. The first-order chi connectivity index (χ1) is 3.46. The van der Waals surface area contributed by atoms with Crippen molar-refractivity contribution in [3.05, 3.63) is 0 Å². The van der Waals surface area contributed by atoms with E-state index < -0.39 is 12.3 Å². The smallest absolute Gasteiger partial charge is 0.652 e. The summed E-state index contributed by atoms with van der Waals surface area (Å²) in [5.74, 6) is 0. The number of hydrogen-bond acceptors (Lipinski definition) is 6. The summed E-state index contributed by atoms with van der Waals surface area (Å²) in [6.07, 6.45) is -4.67. The Morgan fingerprint density at radius 3 is 0.727 bits per heavy atom. The molecule has 11 heavy (non-hydrogen) atoms. The van der Waals surface area contributed by atoms with Gasteiger partial charge in [-0.25, -0.2) is 0 Å². The Balaban J connectivity index is -0.0000000171. The van der Waals surface area contributed by atoms with Gasteiger partial charge in [0.2, 0.25) is 0 Å². The van der Waals surface area contributed by atoms with Crippen molar-refractivity contribution in [3.63, 3.8) is 0 Å². The summed E-state index contributed by atoms with van der Waals surface area (Å²) in [5.41, 5.74) is 0. The minimum absolute atomic E-state index is 0. The van der Waals surface area contributed by atoms with E-state index in [2.05, 4.69) is 0 Å². The Bertz CT molecular complexity index is 76.6. The summed E-state index contributed by atoms with van der Waals surface area (Å²) < 4.78 is 0. The summed E-state index contributed by atoms with van der Waals surface area (Å²) in [6.45, 7) is 0. The van der Waals surface area contributed by atoms with Crippen LogP contribution in [0, 0.1) is 0 Å². The zero-order valence-corrected chi connectivity index (χ0v) is 12.4. The van der Waals surface area contributed by atoms with Gasteiger partial charge in [0.25, 0.3) is 0 Å². The van der Waals surface area contributed by atoms with Crippen molar-refractivity contribution in [1.82, 2.24) is 0 Å². The fraction of sp³-hybridized carbons (Fsp3) is 0. The molecule has 48 valence electrons.